The van der Waals surface area contributed by atoms with Crippen molar-refractivity contribution < 1.29 is 4.74 Å². The zero-order valence-corrected chi connectivity index (χ0v) is 11.7. The van der Waals surface area contributed by atoms with Crippen LogP contribution in [0.15, 0.2) is 12.7 Å². The van der Waals surface area contributed by atoms with Gasteiger partial charge in [0, 0.05) is 12.6 Å². The maximum atomic E-state index is 5.57. The van der Waals surface area contributed by atoms with Crippen LogP contribution in [-0.4, -0.2) is 60.9 Å². The van der Waals surface area contributed by atoms with Crippen LogP contribution in [0.3, 0.4) is 0 Å². The van der Waals surface area contributed by atoms with E-state index >= 15 is 0 Å². The zero-order valence-electron chi connectivity index (χ0n) is 11.7. The number of nitrogens with zero attached hydrogens (tertiary/aromatic N) is 7. The fourth-order valence-corrected chi connectivity index (χ4v) is 1.87. The Labute approximate surface area is 121 Å². The fourth-order valence-electron chi connectivity index (χ4n) is 1.87. The topological polar surface area (TPSA) is 120 Å². The van der Waals surface area contributed by atoms with Crippen molar-refractivity contribution in [2.24, 2.45) is 5.84 Å². The highest BCUT2D eigenvalue weighted by Gasteiger charge is 2.25. The molecule has 1 aliphatic rings. The number of anilines is 1. The lowest BCUT2D eigenvalue weighted by atomic mass is 10.5. The van der Waals surface area contributed by atoms with E-state index < -0.39 is 0 Å². The number of nitrogen functional groups attached to an aromatic ring is 1. The molecule has 2 aromatic rings. The average molecular weight is 291 g/mol. The summed E-state index contributed by atoms with van der Waals surface area (Å²) in [5.74, 6) is 5.86. The molecule has 10 nitrogen and oxygen atoms in total. The molecule has 0 amide bonds. The lowest BCUT2D eigenvalue weighted by molar-refractivity contribution is 0.220. The summed E-state index contributed by atoms with van der Waals surface area (Å²) >= 11 is 0. The van der Waals surface area contributed by atoms with E-state index in [1.807, 2.05) is 0 Å². The lowest BCUT2D eigenvalue weighted by Gasteiger charge is -2.15. The zero-order chi connectivity index (χ0) is 14.7. The van der Waals surface area contributed by atoms with Gasteiger partial charge in [0.1, 0.15) is 19.3 Å². The highest BCUT2D eigenvalue weighted by atomic mass is 16.5. The first-order chi connectivity index (χ1) is 10.3. The Kier molecular flexibility index (Phi) is 3.88. The smallest absolute Gasteiger partial charge is 0.323 e. The molecule has 3 N–H and O–H groups in total. The van der Waals surface area contributed by atoms with Crippen LogP contribution in [0.1, 0.15) is 12.8 Å². The summed E-state index contributed by atoms with van der Waals surface area (Å²) in [5, 5.41) is 3.96. The van der Waals surface area contributed by atoms with Crippen molar-refractivity contribution in [3.63, 3.8) is 0 Å². The third-order valence-corrected chi connectivity index (χ3v) is 3.20. The Morgan fingerprint density at radius 1 is 1.43 bits per heavy atom. The van der Waals surface area contributed by atoms with Gasteiger partial charge < -0.3 is 9.64 Å². The standard InChI is InChI=1S/C11H17N9O/c1-19(8-2-3-8)4-5-21-11-16-9(18-12)15-10(17-11)20-7-13-6-14-20/h6-8H,2-5,12H2,1H3,(H,15,16,17,18). The summed E-state index contributed by atoms with van der Waals surface area (Å²) in [7, 11) is 2.09. The second-order valence-corrected chi connectivity index (χ2v) is 4.79. The summed E-state index contributed by atoms with van der Waals surface area (Å²) < 4.78 is 6.98. The summed E-state index contributed by atoms with van der Waals surface area (Å²) in [6.07, 6.45) is 5.41. The number of likely N-dealkylation sites (N-methyl/N-ethyl adjacent to an activating group) is 1. The van der Waals surface area contributed by atoms with Gasteiger partial charge in [0.05, 0.1) is 0 Å². The van der Waals surface area contributed by atoms with Crippen molar-refractivity contribution in [2.45, 2.75) is 18.9 Å². The van der Waals surface area contributed by atoms with Crippen molar-refractivity contribution >= 4 is 5.95 Å². The molecule has 3 rings (SSSR count). The van der Waals surface area contributed by atoms with Crippen LogP contribution < -0.4 is 16.0 Å². The van der Waals surface area contributed by atoms with Gasteiger partial charge in [-0.25, -0.2) is 10.8 Å². The molecular weight excluding hydrogens is 274 g/mol. The van der Waals surface area contributed by atoms with Crippen LogP contribution in [0.4, 0.5) is 5.95 Å². The quantitative estimate of drug-likeness (QED) is 0.499. The lowest BCUT2D eigenvalue weighted by Crippen LogP contribution is -2.26. The highest BCUT2D eigenvalue weighted by Crippen LogP contribution is 2.24. The van der Waals surface area contributed by atoms with Crippen LogP contribution in [0, 0.1) is 0 Å². The molecule has 1 aliphatic carbocycles. The number of nitrogens with one attached hydrogen (secondary N) is 1. The number of nitrogens with two attached hydrogens (primary N) is 1. The van der Waals surface area contributed by atoms with Crippen LogP contribution >= 0.6 is 0 Å². The number of ether oxygens (including phenoxy) is 1. The monoisotopic (exact) mass is 291 g/mol. The Bertz CT molecular complexity index is 583. The van der Waals surface area contributed by atoms with E-state index in [0.29, 0.717) is 18.6 Å². The average Bonchev–Trinajstić information content (AvgIpc) is 3.21. The summed E-state index contributed by atoms with van der Waals surface area (Å²) in [4.78, 5) is 18.4. The van der Waals surface area contributed by atoms with Gasteiger partial charge in [0.2, 0.25) is 5.95 Å². The predicted molar refractivity (Wildman–Crippen MR) is 73.7 cm³/mol. The number of hydrogen-bond donors (Lipinski definition) is 2. The van der Waals surface area contributed by atoms with Crippen molar-refractivity contribution in [3.05, 3.63) is 12.7 Å². The SMILES string of the molecule is CN(CCOc1nc(NN)nc(-n2cncn2)n1)C1CC1. The molecule has 0 aromatic carbocycles. The summed E-state index contributed by atoms with van der Waals surface area (Å²) in [5.41, 5.74) is 2.38. The molecule has 0 radical (unpaired) electrons. The molecule has 21 heavy (non-hydrogen) atoms. The number of hydrogen-bond acceptors (Lipinski definition) is 9. The van der Waals surface area contributed by atoms with Crippen molar-refractivity contribution in [3.8, 4) is 12.0 Å². The first kappa shape index (κ1) is 13.6. The molecule has 0 atom stereocenters. The summed E-state index contributed by atoms with van der Waals surface area (Å²) in [6.45, 7) is 1.32. The number of rotatable bonds is 7. The molecule has 0 aliphatic heterocycles. The van der Waals surface area contributed by atoms with Crippen LogP contribution in [0.5, 0.6) is 6.01 Å². The minimum Gasteiger partial charge on any atom is -0.462 e. The van der Waals surface area contributed by atoms with E-state index in [1.165, 1.54) is 30.2 Å². The third-order valence-electron chi connectivity index (χ3n) is 3.20. The van der Waals surface area contributed by atoms with Gasteiger partial charge in [-0.3, -0.25) is 5.43 Å². The van der Waals surface area contributed by atoms with Gasteiger partial charge >= 0.3 is 6.01 Å². The van der Waals surface area contributed by atoms with E-state index in [-0.39, 0.29) is 12.0 Å². The van der Waals surface area contributed by atoms with Crippen molar-refractivity contribution in [1.82, 2.24) is 34.6 Å². The molecule has 2 heterocycles. The Morgan fingerprint density at radius 2 is 2.29 bits per heavy atom. The largest absolute Gasteiger partial charge is 0.462 e. The van der Waals surface area contributed by atoms with E-state index in [4.69, 9.17) is 10.6 Å². The number of aromatic nitrogens is 6. The molecule has 1 fully saturated rings. The minimum atomic E-state index is 0.202. The van der Waals surface area contributed by atoms with Crippen LogP contribution in [0.25, 0.3) is 5.95 Å². The normalized spacial score (nSPS) is 14.4. The molecule has 0 spiro atoms. The molecule has 0 unspecified atom stereocenters. The van der Waals surface area contributed by atoms with Crippen molar-refractivity contribution in [1.29, 1.82) is 0 Å². The molecule has 0 saturated heterocycles. The molecule has 1 saturated carbocycles. The molecule has 0 bridgehead atoms. The maximum absolute atomic E-state index is 5.57. The van der Waals surface area contributed by atoms with Crippen molar-refractivity contribution in [2.75, 3.05) is 25.6 Å². The number of hydrazine groups is 1. The van der Waals surface area contributed by atoms with Gasteiger partial charge in [0.15, 0.2) is 0 Å². The first-order valence-corrected chi connectivity index (χ1v) is 6.67. The van der Waals surface area contributed by atoms with E-state index in [9.17, 15) is 0 Å². The van der Waals surface area contributed by atoms with Gasteiger partial charge in [-0.05, 0) is 19.9 Å². The second kappa shape index (κ2) is 5.97. The van der Waals surface area contributed by atoms with E-state index in [2.05, 4.69) is 42.4 Å². The Morgan fingerprint density at radius 3 is 2.95 bits per heavy atom. The van der Waals surface area contributed by atoms with Gasteiger partial charge in [-0.1, -0.05) is 0 Å². The second-order valence-electron chi connectivity index (χ2n) is 4.79. The molecule has 2 aromatic heterocycles. The summed E-state index contributed by atoms with van der Waals surface area (Å²) in [6, 6.07) is 0.895. The van der Waals surface area contributed by atoms with E-state index in [1.54, 1.807) is 0 Å². The molecular formula is C11H17N9O. The molecule has 10 heteroatoms. The van der Waals surface area contributed by atoms with Gasteiger partial charge in [-0.2, -0.15) is 24.7 Å². The molecule has 112 valence electrons. The Hall–Kier alpha value is -2.33. The third kappa shape index (κ3) is 3.41. The highest BCUT2D eigenvalue weighted by molar-refractivity contribution is 5.27. The van der Waals surface area contributed by atoms with Crippen LogP contribution in [0.2, 0.25) is 0 Å². The first-order valence-electron chi connectivity index (χ1n) is 6.67. The van der Waals surface area contributed by atoms with Gasteiger partial charge in [-0.15, -0.1) is 0 Å². The predicted octanol–water partition coefficient (Wildman–Crippen LogP) is -0.789. The maximum Gasteiger partial charge on any atom is 0.323 e. The van der Waals surface area contributed by atoms with Gasteiger partial charge in [0.25, 0.3) is 5.95 Å². The minimum absolute atomic E-state index is 0.202. The van der Waals surface area contributed by atoms with Crippen LogP contribution in [-0.2, 0) is 0 Å². The fraction of sp³-hybridized carbons (Fsp3) is 0.545. The van der Waals surface area contributed by atoms with E-state index in [0.717, 1.165) is 6.54 Å². The Balaban J connectivity index is 1.67.